The molecule has 1 aliphatic carbocycles. The Morgan fingerprint density at radius 2 is 1.33 bits per heavy atom. The Labute approximate surface area is 254 Å². The molecule has 1 aliphatic rings. The summed E-state index contributed by atoms with van der Waals surface area (Å²) >= 11 is 0. The molecule has 0 saturated heterocycles. The first-order valence-electron chi connectivity index (χ1n) is 15.0. The predicted molar refractivity (Wildman–Crippen MR) is 168 cm³/mol. The second-order valence-electron chi connectivity index (χ2n) is 10.8. The van der Waals surface area contributed by atoms with Crippen molar-refractivity contribution >= 4 is 22.8 Å². The number of likely N-dealkylation sites (N-methyl/N-ethyl adjacent to an activating group) is 1. The smallest absolute Gasteiger partial charge is 0.411 e. The molecule has 4 aromatic rings. The van der Waals surface area contributed by atoms with Gasteiger partial charge in [0.15, 0.2) is 12.4 Å². The van der Waals surface area contributed by atoms with Gasteiger partial charge >= 0.3 is 6.09 Å². The Balaban J connectivity index is 1.41. The molecule has 43 heavy (non-hydrogen) atoms. The Hall–Kier alpha value is -4.20. The molecule has 2 atom stereocenters. The third kappa shape index (κ3) is 6.14. The number of amides is 2. The van der Waals surface area contributed by atoms with Crippen molar-refractivity contribution < 1.29 is 23.8 Å². The van der Waals surface area contributed by atoms with Crippen LogP contribution in [0.4, 0.5) is 4.79 Å². The number of hydrogen-bond donors (Lipinski definition) is 0. The lowest BCUT2D eigenvalue weighted by molar-refractivity contribution is -0.180. The first-order chi connectivity index (χ1) is 20.8. The van der Waals surface area contributed by atoms with Gasteiger partial charge in [-0.1, -0.05) is 91.0 Å². The minimum Gasteiger partial charge on any atom is -0.436 e. The summed E-state index contributed by atoms with van der Waals surface area (Å²) in [4.78, 5) is 31.0. The Morgan fingerprint density at radius 1 is 0.767 bits per heavy atom. The molecular formula is C36H40N2O5. The van der Waals surface area contributed by atoms with Crippen molar-refractivity contribution in [1.82, 2.24) is 9.80 Å². The van der Waals surface area contributed by atoms with E-state index in [1.807, 2.05) is 93.6 Å². The Kier molecular flexibility index (Phi) is 9.43. The zero-order chi connectivity index (χ0) is 30.5. The molecule has 0 saturated carbocycles. The lowest BCUT2D eigenvalue weighted by Gasteiger charge is -2.37. The average Bonchev–Trinajstić information content (AvgIpc) is 3.35. The second-order valence-corrected chi connectivity index (χ2v) is 10.8. The molecule has 4 aromatic carbocycles. The standard InChI is InChI=1S/C36H40N2O5/c1-6-41-35(42-7-2)25(4)38(23-27-17-14-16-26-15-8-9-18-28(26)27)34(39)24(3)37(5)36(40)43-33-31-21-12-10-19-29(31)30-20-11-13-22-32(30)33/h8-22,24-25,33,35H,6-7,23H2,1-5H3/t24-,25-/m0/s1. The molecule has 0 radical (unpaired) electrons. The van der Waals surface area contributed by atoms with Crippen molar-refractivity contribution in [2.24, 2.45) is 0 Å². The molecule has 0 fully saturated rings. The fourth-order valence-electron chi connectivity index (χ4n) is 5.82. The van der Waals surface area contributed by atoms with Gasteiger partial charge in [0.25, 0.3) is 0 Å². The van der Waals surface area contributed by atoms with Gasteiger partial charge in [0, 0.05) is 37.9 Å². The fourth-order valence-corrected chi connectivity index (χ4v) is 5.82. The predicted octanol–water partition coefficient (Wildman–Crippen LogP) is 7.18. The summed E-state index contributed by atoms with van der Waals surface area (Å²) in [6, 6.07) is 28.9. The quantitative estimate of drug-likeness (QED) is 0.176. The van der Waals surface area contributed by atoms with E-state index in [2.05, 4.69) is 18.2 Å². The van der Waals surface area contributed by atoms with Gasteiger partial charge in [-0.2, -0.15) is 0 Å². The largest absolute Gasteiger partial charge is 0.436 e. The van der Waals surface area contributed by atoms with Crippen LogP contribution >= 0.6 is 0 Å². The van der Waals surface area contributed by atoms with Crippen LogP contribution in [-0.4, -0.2) is 60.4 Å². The number of carbonyl (C=O) groups is 2. The molecule has 0 spiro atoms. The van der Waals surface area contributed by atoms with E-state index in [0.717, 1.165) is 38.6 Å². The zero-order valence-corrected chi connectivity index (χ0v) is 25.5. The van der Waals surface area contributed by atoms with Crippen LogP contribution in [0.1, 0.15) is 50.5 Å². The molecule has 7 heteroatoms. The van der Waals surface area contributed by atoms with Crippen molar-refractivity contribution in [3.63, 3.8) is 0 Å². The van der Waals surface area contributed by atoms with Gasteiger partial charge in [0.1, 0.15) is 6.04 Å². The molecule has 224 valence electrons. The van der Waals surface area contributed by atoms with E-state index in [1.54, 1.807) is 18.9 Å². The molecule has 5 rings (SSSR count). The summed E-state index contributed by atoms with van der Waals surface area (Å²) in [5, 5.41) is 2.16. The van der Waals surface area contributed by atoms with E-state index in [4.69, 9.17) is 14.2 Å². The number of rotatable bonds is 11. The molecule has 0 unspecified atom stereocenters. The average molecular weight is 581 g/mol. The molecule has 0 bridgehead atoms. The summed E-state index contributed by atoms with van der Waals surface area (Å²) in [5.41, 5.74) is 4.98. The van der Waals surface area contributed by atoms with E-state index in [-0.39, 0.29) is 5.91 Å². The highest BCUT2D eigenvalue weighted by molar-refractivity contribution is 5.88. The van der Waals surface area contributed by atoms with Crippen LogP contribution in [0.5, 0.6) is 0 Å². The zero-order valence-electron chi connectivity index (χ0n) is 25.5. The maximum atomic E-state index is 14.3. The summed E-state index contributed by atoms with van der Waals surface area (Å²) in [6.45, 7) is 8.68. The number of ether oxygens (including phenoxy) is 3. The van der Waals surface area contributed by atoms with Gasteiger partial charge in [-0.25, -0.2) is 4.79 Å². The van der Waals surface area contributed by atoms with Crippen LogP contribution in [0.2, 0.25) is 0 Å². The maximum Gasteiger partial charge on any atom is 0.411 e. The minimum absolute atomic E-state index is 0.225. The third-order valence-electron chi connectivity index (χ3n) is 8.27. The van der Waals surface area contributed by atoms with E-state index < -0.39 is 30.6 Å². The molecule has 2 amide bonds. The molecule has 0 N–H and O–H groups in total. The van der Waals surface area contributed by atoms with E-state index in [1.165, 1.54) is 4.90 Å². The Morgan fingerprint density at radius 3 is 1.95 bits per heavy atom. The van der Waals surface area contributed by atoms with Crippen LogP contribution < -0.4 is 0 Å². The van der Waals surface area contributed by atoms with Crippen LogP contribution in [0.25, 0.3) is 21.9 Å². The Bertz CT molecular complexity index is 1530. The summed E-state index contributed by atoms with van der Waals surface area (Å²) in [5.74, 6) is -0.225. The van der Waals surface area contributed by atoms with Gasteiger partial charge in [-0.15, -0.1) is 0 Å². The van der Waals surface area contributed by atoms with Crippen LogP contribution in [0.3, 0.4) is 0 Å². The van der Waals surface area contributed by atoms with Crippen molar-refractivity contribution in [1.29, 1.82) is 0 Å². The number of hydrogen-bond acceptors (Lipinski definition) is 5. The van der Waals surface area contributed by atoms with Crippen LogP contribution in [0.15, 0.2) is 91.0 Å². The number of benzene rings is 4. The molecular weight excluding hydrogens is 540 g/mol. The number of nitrogens with zero attached hydrogens (tertiary/aromatic N) is 2. The van der Waals surface area contributed by atoms with Gasteiger partial charge < -0.3 is 19.1 Å². The summed E-state index contributed by atoms with van der Waals surface area (Å²) in [7, 11) is 1.61. The van der Waals surface area contributed by atoms with Crippen molar-refractivity contribution in [2.45, 2.75) is 58.7 Å². The monoisotopic (exact) mass is 580 g/mol. The first kappa shape index (κ1) is 30.3. The highest BCUT2D eigenvalue weighted by Gasteiger charge is 2.37. The first-order valence-corrected chi connectivity index (χ1v) is 15.0. The normalized spacial score (nSPS) is 13.8. The molecule has 0 aromatic heterocycles. The SMILES string of the molecule is CCOC(OCC)[C@H](C)N(Cc1cccc2ccccc12)C(=O)[C@H](C)N(C)C(=O)OC1c2ccccc2-c2ccccc21. The van der Waals surface area contributed by atoms with E-state index in [0.29, 0.717) is 19.8 Å². The molecule has 0 heterocycles. The van der Waals surface area contributed by atoms with E-state index in [9.17, 15) is 9.59 Å². The van der Waals surface area contributed by atoms with Crippen molar-refractivity contribution in [3.8, 4) is 11.1 Å². The van der Waals surface area contributed by atoms with Gasteiger partial charge in [0.05, 0.1) is 6.04 Å². The van der Waals surface area contributed by atoms with Crippen molar-refractivity contribution in [3.05, 3.63) is 108 Å². The highest BCUT2D eigenvalue weighted by Crippen LogP contribution is 2.45. The second kappa shape index (κ2) is 13.4. The lowest BCUT2D eigenvalue weighted by Crippen LogP contribution is -2.54. The van der Waals surface area contributed by atoms with Gasteiger partial charge in [-0.3, -0.25) is 9.69 Å². The fraction of sp³-hybridized carbons (Fsp3) is 0.333. The highest BCUT2D eigenvalue weighted by atomic mass is 16.7. The minimum atomic E-state index is -0.805. The number of fused-ring (bicyclic) bond motifs is 4. The topological polar surface area (TPSA) is 68.3 Å². The number of carbonyl (C=O) groups excluding carboxylic acids is 2. The third-order valence-corrected chi connectivity index (χ3v) is 8.27. The van der Waals surface area contributed by atoms with Crippen molar-refractivity contribution in [2.75, 3.05) is 20.3 Å². The van der Waals surface area contributed by atoms with Crippen LogP contribution in [0, 0.1) is 0 Å². The molecule has 0 aliphatic heterocycles. The molecule has 7 nitrogen and oxygen atoms in total. The van der Waals surface area contributed by atoms with E-state index >= 15 is 0 Å². The summed E-state index contributed by atoms with van der Waals surface area (Å²) < 4.78 is 17.9. The van der Waals surface area contributed by atoms with Gasteiger partial charge in [-0.05, 0) is 55.2 Å². The summed E-state index contributed by atoms with van der Waals surface area (Å²) in [6.07, 6.45) is -1.73. The maximum absolute atomic E-state index is 14.3. The van der Waals surface area contributed by atoms with Crippen LogP contribution in [-0.2, 0) is 25.5 Å². The van der Waals surface area contributed by atoms with Gasteiger partial charge in [0.2, 0.25) is 5.91 Å². The lowest BCUT2D eigenvalue weighted by atomic mass is 10.0.